The van der Waals surface area contributed by atoms with Crippen molar-refractivity contribution in [1.29, 1.82) is 0 Å². The number of fused-ring (bicyclic) bond motifs is 1. The SMILES string of the molecule is COc1ccc(OCCCn2c(C(C)Oc3ccc(Cl)c(C)c3)nc3ccccc32)cc1. The predicted octanol–water partition coefficient (Wildman–Crippen LogP) is 6.62. The Morgan fingerprint density at radius 3 is 2.44 bits per heavy atom. The third kappa shape index (κ3) is 5.00. The second-order valence-electron chi connectivity index (χ2n) is 7.66. The number of halogens is 1. The van der Waals surface area contributed by atoms with Crippen LogP contribution in [-0.4, -0.2) is 23.3 Å². The standard InChI is InChI=1S/C26H27ClN2O3/c1-18-17-22(13-14-23(18)27)32-19(2)26-28-24-7-4-5-8-25(24)29(26)15-6-16-31-21-11-9-20(30-3)10-12-21/h4-5,7-14,17,19H,6,15-16H2,1-3H3. The summed E-state index contributed by atoms with van der Waals surface area (Å²) in [6.45, 7) is 5.37. The van der Waals surface area contributed by atoms with E-state index < -0.39 is 0 Å². The molecule has 6 heteroatoms. The number of ether oxygens (including phenoxy) is 3. The summed E-state index contributed by atoms with van der Waals surface area (Å²) in [5.74, 6) is 3.32. The van der Waals surface area contributed by atoms with Gasteiger partial charge in [-0.15, -0.1) is 0 Å². The molecule has 1 unspecified atom stereocenters. The number of para-hydroxylation sites is 2. The van der Waals surface area contributed by atoms with E-state index in [1.54, 1.807) is 7.11 Å². The number of rotatable bonds is 9. The Bertz CT molecular complexity index is 1190. The van der Waals surface area contributed by atoms with Gasteiger partial charge in [-0.2, -0.15) is 0 Å². The minimum atomic E-state index is -0.217. The lowest BCUT2D eigenvalue weighted by molar-refractivity contribution is 0.210. The van der Waals surface area contributed by atoms with E-state index >= 15 is 0 Å². The van der Waals surface area contributed by atoms with Crippen LogP contribution in [0.5, 0.6) is 17.2 Å². The molecule has 3 aromatic carbocycles. The van der Waals surface area contributed by atoms with Gasteiger partial charge < -0.3 is 18.8 Å². The molecule has 1 atom stereocenters. The second-order valence-corrected chi connectivity index (χ2v) is 8.07. The number of aryl methyl sites for hydroxylation is 2. The van der Waals surface area contributed by atoms with Gasteiger partial charge in [-0.1, -0.05) is 23.7 Å². The summed E-state index contributed by atoms with van der Waals surface area (Å²) in [4.78, 5) is 4.86. The predicted molar refractivity (Wildman–Crippen MR) is 128 cm³/mol. The van der Waals surface area contributed by atoms with E-state index in [4.69, 9.17) is 30.8 Å². The van der Waals surface area contributed by atoms with E-state index in [0.717, 1.165) is 57.7 Å². The number of nitrogens with zero attached hydrogens (tertiary/aromatic N) is 2. The zero-order valence-electron chi connectivity index (χ0n) is 18.5. The summed E-state index contributed by atoms with van der Waals surface area (Å²) in [6.07, 6.45) is 0.622. The van der Waals surface area contributed by atoms with Crippen LogP contribution in [0.1, 0.15) is 30.8 Å². The molecular weight excluding hydrogens is 424 g/mol. The van der Waals surface area contributed by atoms with E-state index in [0.29, 0.717) is 6.61 Å². The Morgan fingerprint density at radius 2 is 1.69 bits per heavy atom. The number of imidazole rings is 1. The van der Waals surface area contributed by atoms with E-state index in [-0.39, 0.29) is 6.10 Å². The lowest BCUT2D eigenvalue weighted by Crippen LogP contribution is -2.13. The summed E-state index contributed by atoms with van der Waals surface area (Å²) >= 11 is 6.15. The molecule has 0 fully saturated rings. The molecule has 4 aromatic rings. The molecule has 0 N–H and O–H groups in total. The van der Waals surface area contributed by atoms with Gasteiger partial charge in [-0.25, -0.2) is 4.98 Å². The van der Waals surface area contributed by atoms with Crippen LogP contribution >= 0.6 is 11.6 Å². The maximum Gasteiger partial charge on any atom is 0.153 e. The van der Waals surface area contributed by atoms with Gasteiger partial charge in [0.05, 0.1) is 24.8 Å². The minimum absolute atomic E-state index is 0.217. The number of hydrogen-bond donors (Lipinski definition) is 0. The molecule has 32 heavy (non-hydrogen) atoms. The molecule has 4 rings (SSSR count). The Labute approximate surface area is 193 Å². The normalized spacial score (nSPS) is 12.0. The van der Waals surface area contributed by atoms with E-state index in [1.165, 1.54) is 0 Å². The van der Waals surface area contributed by atoms with Crippen molar-refractivity contribution in [2.24, 2.45) is 0 Å². The Hall–Kier alpha value is -3.18. The summed E-state index contributed by atoms with van der Waals surface area (Å²) in [6, 6.07) is 21.5. The van der Waals surface area contributed by atoms with E-state index in [9.17, 15) is 0 Å². The first kappa shape index (κ1) is 22.0. The Morgan fingerprint density at radius 1 is 0.969 bits per heavy atom. The molecule has 1 heterocycles. The Balaban J connectivity index is 1.47. The van der Waals surface area contributed by atoms with Crippen molar-refractivity contribution >= 4 is 22.6 Å². The van der Waals surface area contributed by atoms with Crippen molar-refractivity contribution < 1.29 is 14.2 Å². The topological polar surface area (TPSA) is 45.5 Å². The molecule has 5 nitrogen and oxygen atoms in total. The van der Waals surface area contributed by atoms with Gasteiger partial charge in [-0.05, 0) is 80.4 Å². The molecule has 0 amide bonds. The van der Waals surface area contributed by atoms with Crippen LogP contribution in [-0.2, 0) is 6.54 Å². The van der Waals surface area contributed by atoms with Crippen molar-refractivity contribution in [1.82, 2.24) is 9.55 Å². The molecule has 0 aliphatic rings. The van der Waals surface area contributed by atoms with Crippen LogP contribution in [0.2, 0.25) is 5.02 Å². The lowest BCUT2D eigenvalue weighted by atomic mass is 10.2. The average molecular weight is 451 g/mol. The number of benzene rings is 3. The zero-order chi connectivity index (χ0) is 22.5. The van der Waals surface area contributed by atoms with E-state index in [2.05, 4.69) is 10.6 Å². The van der Waals surface area contributed by atoms with E-state index in [1.807, 2.05) is 74.5 Å². The van der Waals surface area contributed by atoms with Crippen LogP contribution < -0.4 is 14.2 Å². The zero-order valence-corrected chi connectivity index (χ0v) is 19.3. The molecule has 0 bridgehead atoms. The smallest absolute Gasteiger partial charge is 0.153 e. The van der Waals surface area contributed by atoms with Crippen molar-refractivity contribution in [3.05, 3.63) is 83.1 Å². The third-order valence-electron chi connectivity index (χ3n) is 5.34. The summed E-state index contributed by atoms with van der Waals surface area (Å²) in [5, 5.41) is 0.731. The molecule has 0 spiro atoms. The molecule has 0 radical (unpaired) electrons. The largest absolute Gasteiger partial charge is 0.497 e. The summed E-state index contributed by atoms with van der Waals surface area (Å²) < 4.78 is 19.5. The quantitative estimate of drug-likeness (QED) is 0.269. The average Bonchev–Trinajstić information content (AvgIpc) is 3.18. The maximum absolute atomic E-state index is 6.22. The van der Waals surface area contributed by atoms with Crippen molar-refractivity contribution in [3.63, 3.8) is 0 Å². The number of aromatic nitrogens is 2. The lowest BCUT2D eigenvalue weighted by Gasteiger charge is -2.17. The highest BCUT2D eigenvalue weighted by molar-refractivity contribution is 6.31. The molecule has 1 aromatic heterocycles. The van der Waals surface area contributed by atoms with Gasteiger partial charge in [-0.3, -0.25) is 0 Å². The van der Waals surface area contributed by atoms with Crippen LogP contribution in [0.25, 0.3) is 11.0 Å². The summed E-state index contributed by atoms with van der Waals surface area (Å²) in [7, 11) is 1.65. The van der Waals surface area contributed by atoms with Gasteiger partial charge in [0, 0.05) is 11.6 Å². The van der Waals surface area contributed by atoms with Crippen LogP contribution in [0.4, 0.5) is 0 Å². The first-order valence-corrected chi connectivity index (χ1v) is 11.1. The molecule has 166 valence electrons. The Kier molecular flexibility index (Phi) is 6.86. The second kappa shape index (κ2) is 9.96. The maximum atomic E-state index is 6.22. The first-order valence-electron chi connectivity index (χ1n) is 10.7. The highest BCUT2D eigenvalue weighted by Crippen LogP contribution is 2.28. The minimum Gasteiger partial charge on any atom is -0.497 e. The van der Waals surface area contributed by atoms with Gasteiger partial charge >= 0.3 is 0 Å². The van der Waals surface area contributed by atoms with Crippen LogP contribution in [0.15, 0.2) is 66.7 Å². The van der Waals surface area contributed by atoms with Gasteiger partial charge in [0.15, 0.2) is 11.9 Å². The fraction of sp³-hybridized carbons (Fsp3) is 0.269. The van der Waals surface area contributed by atoms with Crippen LogP contribution in [0, 0.1) is 6.92 Å². The fourth-order valence-electron chi connectivity index (χ4n) is 3.67. The van der Waals surface area contributed by atoms with Gasteiger partial charge in [0.2, 0.25) is 0 Å². The third-order valence-corrected chi connectivity index (χ3v) is 5.77. The molecular formula is C26H27ClN2O3. The number of methoxy groups -OCH3 is 1. The van der Waals surface area contributed by atoms with Gasteiger partial charge in [0.25, 0.3) is 0 Å². The van der Waals surface area contributed by atoms with Crippen LogP contribution in [0.3, 0.4) is 0 Å². The van der Waals surface area contributed by atoms with Crippen molar-refractivity contribution in [2.75, 3.05) is 13.7 Å². The van der Waals surface area contributed by atoms with Crippen molar-refractivity contribution in [2.45, 2.75) is 32.9 Å². The number of hydrogen-bond acceptors (Lipinski definition) is 4. The highest BCUT2D eigenvalue weighted by Gasteiger charge is 2.18. The molecule has 0 saturated heterocycles. The highest BCUT2D eigenvalue weighted by atomic mass is 35.5. The monoisotopic (exact) mass is 450 g/mol. The van der Waals surface area contributed by atoms with Gasteiger partial charge in [0.1, 0.15) is 17.2 Å². The molecule has 0 saturated carbocycles. The van der Waals surface area contributed by atoms with Crippen molar-refractivity contribution in [3.8, 4) is 17.2 Å². The first-order chi connectivity index (χ1) is 15.5. The summed E-state index contributed by atoms with van der Waals surface area (Å²) in [5.41, 5.74) is 3.04. The fourth-order valence-corrected chi connectivity index (χ4v) is 3.79. The molecule has 0 aliphatic carbocycles. The molecule has 0 aliphatic heterocycles.